The molecule has 1 aliphatic heterocycles. The van der Waals surface area contributed by atoms with Crippen LogP contribution in [-0.2, 0) is 9.59 Å². The number of amides is 2. The molecule has 1 saturated heterocycles. The monoisotopic (exact) mass is 450 g/mol. The lowest BCUT2D eigenvalue weighted by molar-refractivity contribution is -0.132. The fraction of sp³-hybridized carbons (Fsp3) is 0.130. The second-order valence-corrected chi connectivity index (χ2v) is 8.08. The van der Waals surface area contributed by atoms with E-state index < -0.39 is 11.8 Å². The molecule has 1 aliphatic rings. The van der Waals surface area contributed by atoms with Crippen LogP contribution >= 0.6 is 23.6 Å². The van der Waals surface area contributed by atoms with Crippen LogP contribution in [0, 0.1) is 0 Å². The number of aliphatic imine (C=N–C) groups is 1. The molecule has 0 saturated carbocycles. The maximum atomic E-state index is 12.6. The molecule has 158 valence electrons. The third-order valence-corrected chi connectivity index (χ3v) is 6.17. The number of thiophene rings is 1. The van der Waals surface area contributed by atoms with Crippen LogP contribution in [0.1, 0.15) is 11.8 Å². The second-order valence-electron chi connectivity index (χ2n) is 6.62. The van der Waals surface area contributed by atoms with Crippen molar-refractivity contribution in [2.24, 2.45) is 4.99 Å². The summed E-state index contributed by atoms with van der Waals surface area (Å²) in [5.41, 5.74) is 0.992. The van der Waals surface area contributed by atoms with Crippen molar-refractivity contribution in [3.8, 4) is 0 Å². The van der Waals surface area contributed by atoms with Gasteiger partial charge in [-0.1, -0.05) is 30.4 Å². The zero-order valence-corrected chi connectivity index (χ0v) is 19.1. The van der Waals surface area contributed by atoms with E-state index in [1.807, 2.05) is 72.5 Å². The average Bonchev–Trinajstić information content (AvgIpc) is 3.25. The first-order valence-corrected chi connectivity index (χ1v) is 10.7. The Labute approximate surface area is 191 Å². The topological polar surface area (TPSA) is 56.2 Å². The molecule has 0 unspecified atom stereocenters. The molecule has 0 atom stereocenters. The molecule has 31 heavy (non-hydrogen) atoms. The quantitative estimate of drug-likeness (QED) is 0.212. The Morgan fingerprint density at radius 2 is 1.74 bits per heavy atom. The van der Waals surface area contributed by atoms with Crippen molar-refractivity contribution in [1.82, 2.24) is 9.80 Å². The number of carbonyl (C=O) groups excluding carboxylic acids is 2. The van der Waals surface area contributed by atoms with Crippen LogP contribution in [0.25, 0.3) is 6.08 Å². The number of hydrogen-bond acceptors (Lipinski definition) is 6. The van der Waals surface area contributed by atoms with Gasteiger partial charge in [-0.15, -0.1) is 11.3 Å². The molecule has 8 heteroatoms. The molecule has 3 rings (SSSR count). The van der Waals surface area contributed by atoms with Gasteiger partial charge in [0.05, 0.1) is 0 Å². The summed E-state index contributed by atoms with van der Waals surface area (Å²) < 4.78 is 0. The first-order chi connectivity index (χ1) is 14.9. The van der Waals surface area contributed by atoms with Crippen LogP contribution in [0.5, 0.6) is 0 Å². The Balaban J connectivity index is 2.04. The number of hydrogen-bond donors (Lipinski definition) is 0. The van der Waals surface area contributed by atoms with E-state index >= 15 is 0 Å². The highest BCUT2D eigenvalue weighted by molar-refractivity contribution is 7.80. The Kier molecular flexibility index (Phi) is 6.94. The second kappa shape index (κ2) is 9.63. The van der Waals surface area contributed by atoms with Gasteiger partial charge in [0.1, 0.15) is 16.4 Å². The van der Waals surface area contributed by atoms with Crippen molar-refractivity contribution in [1.29, 1.82) is 0 Å². The van der Waals surface area contributed by atoms with Crippen LogP contribution in [0.2, 0.25) is 0 Å². The Morgan fingerprint density at radius 1 is 1.10 bits per heavy atom. The number of benzene rings is 1. The lowest BCUT2D eigenvalue weighted by Crippen LogP contribution is -2.52. The molecule has 0 radical (unpaired) electrons. The zero-order chi connectivity index (χ0) is 22.5. The predicted molar refractivity (Wildman–Crippen MR) is 131 cm³/mol. The van der Waals surface area contributed by atoms with Gasteiger partial charge < -0.3 is 0 Å². The molecule has 0 N–H and O–H groups in total. The summed E-state index contributed by atoms with van der Waals surface area (Å²) in [4.78, 5) is 34.7. The number of rotatable bonds is 6. The third kappa shape index (κ3) is 4.55. The van der Waals surface area contributed by atoms with E-state index in [2.05, 4.69) is 11.7 Å². The van der Waals surface area contributed by atoms with Crippen LogP contribution in [-0.4, -0.2) is 47.5 Å². The molecule has 1 aromatic heterocycles. The van der Waals surface area contributed by atoms with Crippen molar-refractivity contribution < 1.29 is 9.59 Å². The van der Waals surface area contributed by atoms with Crippen LogP contribution in [0.3, 0.4) is 0 Å². The van der Waals surface area contributed by atoms with Crippen LogP contribution in [0.4, 0.5) is 10.7 Å². The van der Waals surface area contributed by atoms with Crippen molar-refractivity contribution in [2.45, 2.75) is 6.92 Å². The normalized spacial score (nSPS) is 15.1. The molecule has 2 heterocycles. The minimum Gasteiger partial charge on any atom is -0.288 e. The highest BCUT2D eigenvalue weighted by atomic mass is 32.1. The fourth-order valence-corrected chi connectivity index (χ4v) is 4.13. The molecular weight excluding hydrogens is 428 g/mol. The molecule has 0 spiro atoms. The molecule has 6 nitrogen and oxygen atoms in total. The Morgan fingerprint density at radius 3 is 2.32 bits per heavy atom. The van der Waals surface area contributed by atoms with Crippen LogP contribution in [0.15, 0.2) is 77.1 Å². The van der Waals surface area contributed by atoms with Gasteiger partial charge in [0.25, 0.3) is 11.8 Å². The minimum atomic E-state index is -0.413. The first kappa shape index (κ1) is 22.3. The molecule has 1 fully saturated rings. The fourth-order valence-electron chi connectivity index (χ4n) is 2.99. The Hall–Kier alpha value is -3.36. The van der Waals surface area contributed by atoms with Crippen molar-refractivity contribution >= 4 is 64.0 Å². The summed E-state index contributed by atoms with van der Waals surface area (Å²) in [6.45, 7) is 5.64. The number of carbonyl (C=O) groups is 2. The van der Waals surface area contributed by atoms with Gasteiger partial charge in [0, 0.05) is 24.7 Å². The average molecular weight is 451 g/mol. The number of nitrogens with zero attached hydrogens (tertiary/aromatic N) is 4. The van der Waals surface area contributed by atoms with Gasteiger partial charge in [0.15, 0.2) is 5.11 Å². The van der Waals surface area contributed by atoms with E-state index in [-0.39, 0.29) is 10.7 Å². The zero-order valence-electron chi connectivity index (χ0n) is 17.5. The van der Waals surface area contributed by atoms with E-state index in [4.69, 9.17) is 12.2 Å². The van der Waals surface area contributed by atoms with Gasteiger partial charge in [-0.3, -0.25) is 24.3 Å². The molecule has 2 amide bonds. The highest BCUT2D eigenvalue weighted by Crippen LogP contribution is 2.36. The van der Waals surface area contributed by atoms with E-state index in [1.54, 1.807) is 20.2 Å². The van der Waals surface area contributed by atoms with Crippen LogP contribution < -0.4 is 4.90 Å². The van der Waals surface area contributed by atoms with Gasteiger partial charge in [0.2, 0.25) is 0 Å². The predicted octanol–water partition coefficient (Wildman–Crippen LogP) is 4.60. The van der Waals surface area contributed by atoms with Gasteiger partial charge in [-0.2, -0.15) is 0 Å². The number of para-hydroxylation sites is 1. The standard InChI is InChI=1S/C23H22N4O2S2/c1-5-6-12-19(24-2)27(16-10-8-7-9-11-16)20-14-13-17(31-20)15-18-21(28)25(3)23(30)26(4)22(18)29/h5-15H,2H2,1,3-4H3/b6-5-,19-12+. The van der Waals surface area contributed by atoms with Crippen molar-refractivity contribution in [3.05, 3.63) is 77.0 Å². The van der Waals surface area contributed by atoms with E-state index in [1.165, 1.54) is 21.1 Å². The molecule has 0 aliphatic carbocycles. The molecule has 0 bridgehead atoms. The van der Waals surface area contributed by atoms with Crippen molar-refractivity contribution in [3.63, 3.8) is 0 Å². The summed E-state index contributed by atoms with van der Waals surface area (Å²) in [5.74, 6) is -0.172. The molecule has 2 aromatic rings. The van der Waals surface area contributed by atoms with E-state index in [0.29, 0.717) is 5.82 Å². The summed E-state index contributed by atoms with van der Waals surface area (Å²) in [6, 6.07) is 13.6. The highest BCUT2D eigenvalue weighted by Gasteiger charge is 2.35. The molecule has 1 aromatic carbocycles. The Bertz CT molecular complexity index is 1090. The minimum absolute atomic E-state index is 0.0739. The van der Waals surface area contributed by atoms with E-state index in [0.717, 1.165) is 15.6 Å². The number of thiocarbonyl (C=S) groups is 1. The number of likely N-dealkylation sites (N-methyl/N-ethyl adjacent to an activating group) is 2. The smallest absolute Gasteiger partial charge is 0.265 e. The molecular formula is C23H22N4O2S2. The summed E-state index contributed by atoms with van der Waals surface area (Å²) >= 11 is 6.58. The van der Waals surface area contributed by atoms with Gasteiger partial charge >= 0.3 is 0 Å². The maximum Gasteiger partial charge on any atom is 0.265 e. The van der Waals surface area contributed by atoms with Gasteiger partial charge in [-0.05, 0) is 62.3 Å². The lowest BCUT2D eigenvalue weighted by atomic mass is 10.1. The summed E-state index contributed by atoms with van der Waals surface area (Å²) in [5, 5.41) is 1.05. The largest absolute Gasteiger partial charge is 0.288 e. The van der Waals surface area contributed by atoms with E-state index in [9.17, 15) is 9.59 Å². The van der Waals surface area contributed by atoms with Crippen molar-refractivity contribution in [2.75, 3.05) is 19.0 Å². The number of allylic oxidation sites excluding steroid dienone is 3. The SMILES string of the molecule is C=N/C(=C\C=C/C)N(c1ccccc1)c1ccc(C=C2C(=O)N(C)C(=S)N(C)C2=O)s1. The van der Waals surface area contributed by atoms with Gasteiger partial charge in [-0.25, -0.2) is 4.99 Å². The number of anilines is 2. The third-order valence-electron chi connectivity index (χ3n) is 4.61. The summed E-state index contributed by atoms with van der Waals surface area (Å²) in [6.07, 6.45) is 7.28. The maximum absolute atomic E-state index is 12.6. The summed E-state index contributed by atoms with van der Waals surface area (Å²) in [7, 11) is 3.12. The first-order valence-electron chi connectivity index (χ1n) is 9.45. The lowest BCUT2D eigenvalue weighted by Gasteiger charge is -2.31.